The van der Waals surface area contributed by atoms with Gasteiger partial charge in [-0.1, -0.05) is 0 Å². The number of alkyl halides is 3. The molecule has 1 aliphatic rings. The van der Waals surface area contributed by atoms with Crippen LogP contribution in [0, 0.1) is 0 Å². The molecule has 6 nitrogen and oxygen atoms in total. The van der Waals surface area contributed by atoms with Crippen molar-refractivity contribution in [3.63, 3.8) is 0 Å². The van der Waals surface area contributed by atoms with Gasteiger partial charge in [0.15, 0.2) is 11.5 Å². The summed E-state index contributed by atoms with van der Waals surface area (Å²) in [5.41, 5.74) is -1.07. The Balaban J connectivity index is 2.11. The second-order valence-electron chi connectivity index (χ2n) is 4.38. The average molecular weight is 310 g/mol. The number of halogens is 3. The van der Waals surface area contributed by atoms with Crippen LogP contribution in [0.1, 0.15) is 12.1 Å². The molecule has 2 rings (SSSR count). The molecule has 1 fully saturated rings. The molecule has 0 radical (unpaired) electrons. The number of anilines is 1. The van der Waals surface area contributed by atoms with Crippen molar-refractivity contribution in [2.75, 3.05) is 25.0 Å². The van der Waals surface area contributed by atoms with Crippen molar-refractivity contribution in [3.8, 4) is 0 Å². The van der Waals surface area contributed by atoms with Crippen LogP contribution in [0.25, 0.3) is 0 Å². The zero-order chi connectivity index (χ0) is 15.0. The predicted molar refractivity (Wildman–Crippen MR) is 65.6 cm³/mol. The van der Waals surface area contributed by atoms with E-state index in [0.29, 0.717) is 13.0 Å². The molecule has 0 spiro atoms. The zero-order valence-electron chi connectivity index (χ0n) is 10.6. The highest BCUT2D eigenvalue weighted by molar-refractivity contribution is 7.90. The fourth-order valence-corrected chi connectivity index (χ4v) is 3.13. The van der Waals surface area contributed by atoms with Crippen LogP contribution >= 0.6 is 0 Å². The smallest absolute Gasteiger partial charge is 0.354 e. The van der Waals surface area contributed by atoms with Crippen molar-refractivity contribution in [1.29, 1.82) is 0 Å². The second-order valence-corrected chi connectivity index (χ2v) is 6.55. The lowest BCUT2D eigenvalue weighted by atomic mass is 10.3. The average Bonchev–Trinajstić information content (AvgIpc) is 2.88. The summed E-state index contributed by atoms with van der Waals surface area (Å²) in [7, 11) is -2.06. The SMILES string of the molecule is CNS(=O)(=O)C1CCN(c2ccc(C(F)(F)F)nn2)C1. The molecule has 0 amide bonds. The van der Waals surface area contributed by atoms with E-state index < -0.39 is 27.1 Å². The van der Waals surface area contributed by atoms with Crippen LogP contribution < -0.4 is 9.62 Å². The summed E-state index contributed by atoms with van der Waals surface area (Å²) in [4.78, 5) is 1.60. The first-order valence-electron chi connectivity index (χ1n) is 5.82. The highest BCUT2D eigenvalue weighted by Gasteiger charge is 2.35. The maximum atomic E-state index is 12.4. The highest BCUT2D eigenvalue weighted by Crippen LogP contribution is 2.28. The van der Waals surface area contributed by atoms with E-state index in [1.165, 1.54) is 13.1 Å². The van der Waals surface area contributed by atoms with E-state index in [4.69, 9.17) is 0 Å². The lowest BCUT2D eigenvalue weighted by molar-refractivity contribution is -0.141. The second kappa shape index (κ2) is 5.17. The van der Waals surface area contributed by atoms with Gasteiger partial charge in [0.25, 0.3) is 0 Å². The Kier molecular flexibility index (Phi) is 3.87. The minimum atomic E-state index is -4.53. The van der Waals surface area contributed by atoms with Gasteiger partial charge in [-0.25, -0.2) is 13.1 Å². The van der Waals surface area contributed by atoms with Crippen LogP contribution in [0.5, 0.6) is 0 Å². The molecule has 20 heavy (non-hydrogen) atoms. The normalized spacial score (nSPS) is 20.4. The molecule has 0 aliphatic carbocycles. The van der Waals surface area contributed by atoms with Crippen molar-refractivity contribution in [3.05, 3.63) is 17.8 Å². The standard InChI is InChI=1S/C10H13F3N4O2S/c1-14-20(18,19)7-4-5-17(6-7)9-3-2-8(15-16-9)10(11,12)13/h2-3,7,14H,4-6H2,1H3. The van der Waals surface area contributed by atoms with Crippen molar-refractivity contribution in [2.24, 2.45) is 0 Å². The summed E-state index contributed by atoms with van der Waals surface area (Å²) in [6.45, 7) is 0.592. The lowest BCUT2D eigenvalue weighted by Crippen LogP contribution is -2.34. The molecule has 1 aromatic rings. The zero-order valence-corrected chi connectivity index (χ0v) is 11.4. The van der Waals surface area contributed by atoms with Crippen LogP contribution in [0.15, 0.2) is 12.1 Å². The molecule has 1 unspecified atom stereocenters. The number of sulfonamides is 1. The Morgan fingerprint density at radius 3 is 2.55 bits per heavy atom. The Bertz CT molecular complexity index is 573. The van der Waals surface area contributed by atoms with E-state index in [-0.39, 0.29) is 12.4 Å². The number of nitrogens with one attached hydrogen (secondary N) is 1. The Morgan fingerprint density at radius 1 is 1.35 bits per heavy atom. The van der Waals surface area contributed by atoms with Crippen molar-refractivity contribution in [2.45, 2.75) is 17.8 Å². The minimum Gasteiger partial charge on any atom is -0.354 e. The third kappa shape index (κ3) is 3.01. The lowest BCUT2D eigenvalue weighted by Gasteiger charge is -2.17. The third-order valence-corrected chi connectivity index (χ3v) is 4.96. The molecule has 0 bridgehead atoms. The summed E-state index contributed by atoms with van der Waals surface area (Å²) in [6.07, 6.45) is -4.14. The van der Waals surface area contributed by atoms with E-state index in [1.807, 2.05) is 0 Å². The first-order chi connectivity index (χ1) is 9.24. The summed E-state index contributed by atoms with van der Waals surface area (Å²) in [5, 5.41) is 6.03. The number of hydrogen-bond acceptors (Lipinski definition) is 5. The predicted octanol–water partition coefficient (Wildman–Crippen LogP) is 0.623. The van der Waals surface area contributed by atoms with Gasteiger partial charge < -0.3 is 4.90 Å². The van der Waals surface area contributed by atoms with E-state index in [1.54, 1.807) is 4.90 Å². The maximum Gasteiger partial charge on any atom is 0.435 e. The number of nitrogens with zero attached hydrogens (tertiary/aromatic N) is 3. The van der Waals surface area contributed by atoms with Gasteiger partial charge in [-0.05, 0) is 25.6 Å². The maximum absolute atomic E-state index is 12.4. The molecule has 1 saturated heterocycles. The monoisotopic (exact) mass is 310 g/mol. The first kappa shape index (κ1) is 15.0. The van der Waals surface area contributed by atoms with Gasteiger partial charge in [0.1, 0.15) is 0 Å². The molecule has 10 heteroatoms. The molecule has 1 N–H and O–H groups in total. The molecule has 112 valence electrons. The van der Waals surface area contributed by atoms with Crippen molar-refractivity contribution >= 4 is 15.8 Å². The summed E-state index contributed by atoms with van der Waals surface area (Å²) >= 11 is 0. The van der Waals surface area contributed by atoms with E-state index in [9.17, 15) is 21.6 Å². The molecule has 0 saturated carbocycles. The molecule has 1 aliphatic heterocycles. The molecule has 1 aromatic heterocycles. The van der Waals surface area contributed by atoms with E-state index in [0.717, 1.165) is 6.07 Å². The number of rotatable bonds is 3. The van der Waals surface area contributed by atoms with Crippen LogP contribution in [0.2, 0.25) is 0 Å². The Morgan fingerprint density at radius 2 is 2.05 bits per heavy atom. The van der Waals surface area contributed by atoms with Crippen LogP contribution in [-0.2, 0) is 16.2 Å². The fourth-order valence-electron chi connectivity index (χ4n) is 2.00. The van der Waals surface area contributed by atoms with Gasteiger partial charge in [-0.2, -0.15) is 13.2 Å². The van der Waals surface area contributed by atoms with Crippen molar-refractivity contribution in [1.82, 2.24) is 14.9 Å². The first-order valence-corrected chi connectivity index (χ1v) is 7.37. The van der Waals surface area contributed by atoms with Crippen molar-refractivity contribution < 1.29 is 21.6 Å². The van der Waals surface area contributed by atoms with Gasteiger partial charge in [-0.15, -0.1) is 10.2 Å². The summed E-state index contributed by atoms with van der Waals surface area (Å²) in [5.74, 6) is 0.242. The van der Waals surface area contributed by atoms with E-state index >= 15 is 0 Å². The fraction of sp³-hybridized carbons (Fsp3) is 0.600. The van der Waals surface area contributed by atoms with Gasteiger partial charge in [0.2, 0.25) is 10.0 Å². The number of aromatic nitrogens is 2. The van der Waals surface area contributed by atoms with Gasteiger partial charge in [-0.3, -0.25) is 0 Å². The molecule has 0 aromatic carbocycles. The quantitative estimate of drug-likeness (QED) is 0.886. The third-order valence-electron chi connectivity index (χ3n) is 3.13. The molecular formula is C10H13F3N4O2S. The van der Waals surface area contributed by atoms with Gasteiger partial charge in [0, 0.05) is 13.1 Å². The molecule has 1 atom stereocenters. The molecular weight excluding hydrogens is 297 g/mol. The van der Waals surface area contributed by atoms with Gasteiger partial charge in [0.05, 0.1) is 5.25 Å². The van der Waals surface area contributed by atoms with Gasteiger partial charge >= 0.3 is 6.18 Å². The van der Waals surface area contributed by atoms with Crippen LogP contribution in [0.4, 0.5) is 19.0 Å². The topological polar surface area (TPSA) is 75.2 Å². The van der Waals surface area contributed by atoms with Crippen LogP contribution in [0.3, 0.4) is 0 Å². The van der Waals surface area contributed by atoms with Crippen LogP contribution in [-0.4, -0.2) is 44.0 Å². The minimum absolute atomic E-state index is 0.184. The summed E-state index contributed by atoms with van der Waals surface area (Å²) in [6, 6.07) is 2.03. The molecule has 2 heterocycles. The highest BCUT2D eigenvalue weighted by atomic mass is 32.2. The number of hydrogen-bond donors (Lipinski definition) is 1. The largest absolute Gasteiger partial charge is 0.435 e. The Hall–Kier alpha value is -1.42. The van der Waals surface area contributed by atoms with E-state index in [2.05, 4.69) is 14.9 Å². The Labute approximate surface area is 114 Å². The summed E-state index contributed by atoms with van der Waals surface area (Å²) < 4.78 is 62.6.